The van der Waals surface area contributed by atoms with Gasteiger partial charge in [-0.2, -0.15) is 0 Å². The third kappa shape index (κ3) is 5.47. The summed E-state index contributed by atoms with van der Waals surface area (Å²) in [6.45, 7) is 6.53. The van der Waals surface area contributed by atoms with E-state index in [1.165, 1.54) is 0 Å². The van der Waals surface area contributed by atoms with Crippen molar-refractivity contribution in [2.75, 3.05) is 13.2 Å². The molecule has 4 nitrogen and oxygen atoms in total. The zero-order chi connectivity index (χ0) is 12.6. The lowest BCUT2D eigenvalue weighted by Gasteiger charge is -2.23. The number of carbonyl (C=O) groups is 1. The first-order valence-corrected chi connectivity index (χ1v) is 6.16. The van der Waals surface area contributed by atoms with Crippen molar-refractivity contribution < 1.29 is 9.90 Å². The van der Waals surface area contributed by atoms with Crippen LogP contribution in [-0.4, -0.2) is 29.7 Å². The van der Waals surface area contributed by atoms with Crippen LogP contribution in [0.4, 0.5) is 0 Å². The quantitative estimate of drug-likeness (QED) is 0.583. The number of aliphatic hydroxyl groups excluding tert-OH is 1. The van der Waals surface area contributed by atoms with Gasteiger partial charge < -0.3 is 16.2 Å². The Morgan fingerprint density at radius 1 is 1.44 bits per heavy atom. The Morgan fingerprint density at radius 3 is 2.50 bits per heavy atom. The first-order valence-electron chi connectivity index (χ1n) is 6.16. The number of rotatable bonds is 8. The molecule has 0 aliphatic rings. The summed E-state index contributed by atoms with van der Waals surface area (Å²) in [5, 5.41) is 11.8. The highest BCUT2D eigenvalue weighted by Crippen LogP contribution is 2.10. The fourth-order valence-corrected chi connectivity index (χ4v) is 1.54. The Labute approximate surface area is 98.6 Å². The molecule has 2 unspecified atom stereocenters. The molecule has 16 heavy (non-hydrogen) atoms. The van der Waals surface area contributed by atoms with Crippen LogP contribution in [0.25, 0.3) is 0 Å². The predicted octanol–water partition coefficient (Wildman–Crippen LogP) is 1.03. The summed E-state index contributed by atoms with van der Waals surface area (Å²) in [4.78, 5) is 11.7. The Hall–Kier alpha value is -0.610. The Balaban J connectivity index is 4.04. The van der Waals surface area contributed by atoms with Gasteiger partial charge in [0.2, 0.25) is 5.91 Å². The van der Waals surface area contributed by atoms with Crippen molar-refractivity contribution >= 4 is 5.91 Å². The minimum Gasteiger partial charge on any atom is -0.396 e. The minimum absolute atomic E-state index is 0.103. The molecule has 4 heteroatoms. The molecule has 1 amide bonds. The molecule has 0 spiro atoms. The summed E-state index contributed by atoms with van der Waals surface area (Å²) in [5.41, 5.74) is 5.05. The van der Waals surface area contributed by atoms with E-state index in [0.717, 1.165) is 19.3 Å². The molecule has 0 fully saturated rings. The van der Waals surface area contributed by atoms with Gasteiger partial charge in [0.1, 0.15) is 0 Å². The zero-order valence-corrected chi connectivity index (χ0v) is 10.8. The van der Waals surface area contributed by atoms with Crippen molar-refractivity contribution in [3.8, 4) is 0 Å². The Bertz CT molecular complexity index is 199. The van der Waals surface area contributed by atoms with Crippen molar-refractivity contribution in [1.82, 2.24) is 5.32 Å². The van der Waals surface area contributed by atoms with Gasteiger partial charge >= 0.3 is 0 Å². The van der Waals surface area contributed by atoms with Crippen molar-refractivity contribution in [3.63, 3.8) is 0 Å². The van der Waals surface area contributed by atoms with Crippen molar-refractivity contribution in [3.05, 3.63) is 0 Å². The van der Waals surface area contributed by atoms with Gasteiger partial charge in [0.15, 0.2) is 0 Å². The van der Waals surface area contributed by atoms with Crippen LogP contribution in [0.15, 0.2) is 0 Å². The Kier molecular flexibility index (Phi) is 7.34. The third-order valence-electron chi connectivity index (χ3n) is 3.04. The number of nitrogens with two attached hydrogens (primary N) is 1. The lowest BCUT2D eigenvalue weighted by Crippen LogP contribution is -2.52. The number of amides is 1. The molecule has 0 aromatic carbocycles. The largest absolute Gasteiger partial charge is 0.396 e. The van der Waals surface area contributed by atoms with E-state index in [4.69, 9.17) is 10.8 Å². The molecule has 0 saturated carbocycles. The van der Waals surface area contributed by atoms with Crippen LogP contribution < -0.4 is 11.1 Å². The monoisotopic (exact) mass is 230 g/mol. The summed E-state index contributed by atoms with van der Waals surface area (Å²) >= 11 is 0. The fraction of sp³-hybridized carbons (Fsp3) is 0.917. The zero-order valence-electron chi connectivity index (χ0n) is 10.8. The van der Waals surface area contributed by atoms with Crippen molar-refractivity contribution in [2.24, 2.45) is 11.7 Å². The van der Waals surface area contributed by atoms with Crippen LogP contribution in [0, 0.1) is 5.92 Å². The van der Waals surface area contributed by atoms with Crippen molar-refractivity contribution in [2.45, 2.75) is 52.0 Å². The lowest BCUT2D eigenvalue weighted by atomic mass is 9.97. The highest BCUT2D eigenvalue weighted by molar-refractivity contribution is 5.85. The maximum absolute atomic E-state index is 11.7. The first kappa shape index (κ1) is 15.4. The molecule has 0 aliphatic heterocycles. The average molecular weight is 230 g/mol. The van der Waals surface area contributed by atoms with E-state index in [1.54, 1.807) is 6.92 Å². The summed E-state index contributed by atoms with van der Waals surface area (Å²) in [7, 11) is 0. The Morgan fingerprint density at radius 2 is 2.06 bits per heavy atom. The van der Waals surface area contributed by atoms with E-state index in [9.17, 15) is 4.79 Å². The number of hydrogen-bond donors (Lipinski definition) is 3. The standard InChI is InChI=1S/C12H26N2O2/c1-4-6-10(7-8-15)9-14-11(16)12(3,13)5-2/h10,15H,4-9,13H2,1-3H3,(H,14,16). The van der Waals surface area contributed by atoms with Crippen molar-refractivity contribution in [1.29, 1.82) is 0 Å². The van der Waals surface area contributed by atoms with Gasteiger partial charge in [0.25, 0.3) is 0 Å². The normalized spacial score (nSPS) is 16.6. The number of hydrogen-bond acceptors (Lipinski definition) is 3. The second-order valence-electron chi connectivity index (χ2n) is 4.65. The van der Waals surface area contributed by atoms with E-state index >= 15 is 0 Å². The van der Waals surface area contributed by atoms with E-state index in [2.05, 4.69) is 12.2 Å². The molecule has 0 aromatic rings. The molecule has 0 radical (unpaired) electrons. The van der Waals surface area contributed by atoms with Gasteiger partial charge in [-0.25, -0.2) is 0 Å². The van der Waals surface area contributed by atoms with Crippen LogP contribution >= 0.6 is 0 Å². The van der Waals surface area contributed by atoms with E-state index in [1.807, 2.05) is 6.92 Å². The maximum atomic E-state index is 11.7. The number of carbonyl (C=O) groups excluding carboxylic acids is 1. The minimum atomic E-state index is -0.782. The summed E-state index contributed by atoms with van der Waals surface area (Å²) in [6, 6.07) is 0. The van der Waals surface area contributed by atoms with Gasteiger partial charge in [-0.05, 0) is 32.1 Å². The molecule has 96 valence electrons. The molecular weight excluding hydrogens is 204 g/mol. The molecule has 0 bridgehead atoms. The van der Waals surface area contributed by atoms with Gasteiger partial charge in [0, 0.05) is 13.2 Å². The first-order chi connectivity index (χ1) is 7.47. The fourth-order valence-electron chi connectivity index (χ4n) is 1.54. The maximum Gasteiger partial charge on any atom is 0.239 e. The van der Waals surface area contributed by atoms with Crippen LogP contribution in [0.2, 0.25) is 0 Å². The molecule has 0 heterocycles. The van der Waals surface area contributed by atoms with Crippen LogP contribution in [0.1, 0.15) is 46.5 Å². The van der Waals surface area contributed by atoms with Crippen LogP contribution in [-0.2, 0) is 4.79 Å². The second kappa shape index (κ2) is 7.63. The topological polar surface area (TPSA) is 75.3 Å². The predicted molar refractivity (Wildman–Crippen MR) is 66.0 cm³/mol. The number of aliphatic hydroxyl groups is 1. The molecule has 4 N–H and O–H groups in total. The van der Waals surface area contributed by atoms with Crippen LogP contribution in [0.3, 0.4) is 0 Å². The molecule has 0 aromatic heterocycles. The lowest BCUT2D eigenvalue weighted by molar-refractivity contribution is -0.126. The SMILES string of the molecule is CCCC(CCO)CNC(=O)C(C)(N)CC. The van der Waals surface area contributed by atoms with E-state index < -0.39 is 5.54 Å². The third-order valence-corrected chi connectivity index (χ3v) is 3.04. The van der Waals surface area contributed by atoms with E-state index in [0.29, 0.717) is 18.9 Å². The van der Waals surface area contributed by atoms with Gasteiger partial charge in [-0.15, -0.1) is 0 Å². The summed E-state index contributed by atoms with van der Waals surface area (Å²) in [5.74, 6) is 0.251. The summed E-state index contributed by atoms with van der Waals surface area (Å²) in [6.07, 6.45) is 3.45. The van der Waals surface area contributed by atoms with Gasteiger partial charge in [-0.3, -0.25) is 4.79 Å². The highest BCUT2D eigenvalue weighted by atomic mass is 16.3. The summed E-state index contributed by atoms with van der Waals surface area (Å²) < 4.78 is 0. The highest BCUT2D eigenvalue weighted by Gasteiger charge is 2.25. The average Bonchev–Trinajstić information content (AvgIpc) is 2.26. The molecule has 0 rings (SSSR count). The van der Waals surface area contributed by atoms with E-state index in [-0.39, 0.29) is 12.5 Å². The molecule has 0 saturated heterocycles. The van der Waals surface area contributed by atoms with Gasteiger partial charge in [-0.1, -0.05) is 20.3 Å². The second-order valence-corrected chi connectivity index (χ2v) is 4.65. The number of nitrogens with one attached hydrogen (secondary N) is 1. The van der Waals surface area contributed by atoms with Gasteiger partial charge in [0.05, 0.1) is 5.54 Å². The molecular formula is C12H26N2O2. The smallest absolute Gasteiger partial charge is 0.239 e. The molecule has 0 aliphatic carbocycles. The van der Waals surface area contributed by atoms with Crippen LogP contribution in [0.5, 0.6) is 0 Å². The molecule has 2 atom stereocenters.